The van der Waals surface area contributed by atoms with Crippen LogP contribution in [0.5, 0.6) is 11.5 Å². The van der Waals surface area contributed by atoms with Gasteiger partial charge in [0.25, 0.3) is 5.91 Å². The molecule has 0 unspecified atom stereocenters. The maximum atomic E-state index is 12.3. The number of carbonyl (C=O) groups excluding carboxylic acids is 2. The van der Waals surface area contributed by atoms with Crippen molar-refractivity contribution in [3.8, 4) is 11.5 Å². The van der Waals surface area contributed by atoms with Crippen LogP contribution in [0.2, 0.25) is 0 Å². The topological polar surface area (TPSA) is 67.9 Å². The Bertz CT molecular complexity index is 795. The lowest BCUT2D eigenvalue weighted by Gasteiger charge is -2.39. The SMILES string of the molecule is CC[C@H]1NC(=O)N([C@H]2C[C@H](Oc3ccc(C)c4c3C3(CC3)CO4)C2)C1=O. The first-order valence-electron chi connectivity index (χ1n) is 9.59. The summed E-state index contributed by atoms with van der Waals surface area (Å²) < 4.78 is 12.2. The molecule has 3 amide bonds. The second-order valence-electron chi connectivity index (χ2n) is 8.14. The molecule has 1 aromatic rings. The molecule has 2 heterocycles. The number of fused-ring (bicyclic) bond motifs is 2. The van der Waals surface area contributed by atoms with Crippen LogP contribution in [0, 0.1) is 6.92 Å². The first kappa shape index (κ1) is 16.0. The predicted molar refractivity (Wildman–Crippen MR) is 94.5 cm³/mol. The minimum Gasteiger partial charge on any atom is -0.492 e. The van der Waals surface area contributed by atoms with Gasteiger partial charge in [0, 0.05) is 29.9 Å². The molecule has 6 nitrogen and oxygen atoms in total. The van der Waals surface area contributed by atoms with Crippen molar-refractivity contribution in [1.82, 2.24) is 10.2 Å². The van der Waals surface area contributed by atoms with Crippen molar-refractivity contribution >= 4 is 11.9 Å². The molecule has 2 aliphatic heterocycles. The fraction of sp³-hybridized carbons (Fsp3) is 0.600. The van der Waals surface area contributed by atoms with E-state index in [0.717, 1.165) is 36.5 Å². The maximum absolute atomic E-state index is 12.3. The number of urea groups is 1. The van der Waals surface area contributed by atoms with Crippen molar-refractivity contribution in [1.29, 1.82) is 0 Å². The number of carbonyl (C=O) groups is 2. The number of aryl methyl sites for hydroxylation is 1. The molecular formula is C20H24N2O4. The van der Waals surface area contributed by atoms with Crippen LogP contribution in [0.15, 0.2) is 12.1 Å². The number of rotatable bonds is 4. The van der Waals surface area contributed by atoms with E-state index in [0.29, 0.717) is 19.3 Å². The molecule has 1 N–H and O–H groups in total. The molecule has 1 aromatic carbocycles. The number of ether oxygens (including phenoxy) is 2. The summed E-state index contributed by atoms with van der Waals surface area (Å²) in [6, 6.07) is 3.43. The number of benzene rings is 1. The van der Waals surface area contributed by atoms with Crippen molar-refractivity contribution in [3.05, 3.63) is 23.3 Å². The van der Waals surface area contributed by atoms with Crippen LogP contribution < -0.4 is 14.8 Å². The van der Waals surface area contributed by atoms with E-state index in [9.17, 15) is 9.59 Å². The van der Waals surface area contributed by atoms with E-state index < -0.39 is 0 Å². The first-order chi connectivity index (χ1) is 12.5. The molecule has 0 bridgehead atoms. The summed E-state index contributed by atoms with van der Waals surface area (Å²) in [4.78, 5) is 25.8. The molecule has 4 aliphatic rings. The molecule has 2 aliphatic carbocycles. The van der Waals surface area contributed by atoms with Crippen LogP contribution in [0.25, 0.3) is 0 Å². The van der Waals surface area contributed by atoms with Crippen LogP contribution in [-0.4, -0.2) is 41.6 Å². The number of nitrogens with zero attached hydrogens (tertiary/aromatic N) is 1. The predicted octanol–water partition coefficient (Wildman–Crippen LogP) is 2.66. The number of nitrogens with one attached hydrogen (secondary N) is 1. The highest BCUT2D eigenvalue weighted by atomic mass is 16.5. The highest BCUT2D eigenvalue weighted by Crippen LogP contribution is 2.59. The standard InChI is InChI=1S/C20H24N2O4/c1-3-14-18(23)22(19(24)21-14)12-8-13(9-12)26-15-5-4-11(2)17-16(15)20(6-7-20)10-25-17/h4-5,12-14H,3,6-10H2,1-2H3,(H,21,24)/t12-,13-,14-/m1/s1. The van der Waals surface area contributed by atoms with Crippen molar-refractivity contribution in [2.45, 2.75) is 69.6 Å². The highest BCUT2D eigenvalue weighted by Gasteiger charge is 2.54. The van der Waals surface area contributed by atoms with Crippen LogP contribution in [-0.2, 0) is 10.2 Å². The summed E-state index contributed by atoms with van der Waals surface area (Å²) in [7, 11) is 0. The lowest BCUT2D eigenvalue weighted by Crippen LogP contribution is -2.52. The zero-order valence-corrected chi connectivity index (χ0v) is 15.2. The maximum Gasteiger partial charge on any atom is 0.325 e. The molecule has 3 fully saturated rings. The minimum atomic E-state index is -0.366. The Labute approximate surface area is 152 Å². The van der Waals surface area contributed by atoms with Gasteiger partial charge in [-0.15, -0.1) is 0 Å². The zero-order chi connectivity index (χ0) is 18.1. The molecule has 1 atom stereocenters. The van der Waals surface area contributed by atoms with E-state index in [1.807, 2.05) is 6.92 Å². The highest BCUT2D eigenvalue weighted by molar-refractivity contribution is 6.04. The van der Waals surface area contributed by atoms with Crippen LogP contribution >= 0.6 is 0 Å². The van der Waals surface area contributed by atoms with Gasteiger partial charge in [-0.25, -0.2) is 4.79 Å². The summed E-state index contributed by atoms with van der Waals surface area (Å²) in [6.07, 6.45) is 4.40. The monoisotopic (exact) mass is 356 g/mol. The largest absolute Gasteiger partial charge is 0.492 e. The summed E-state index contributed by atoms with van der Waals surface area (Å²) in [6.45, 7) is 4.75. The quantitative estimate of drug-likeness (QED) is 0.842. The smallest absolute Gasteiger partial charge is 0.325 e. The number of imide groups is 1. The molecule has 0 radical (unpaired) electrons. The van der Waals surface area contributed by atoms with Gasteiger partial charge in [0.05, 0.1) is 6.61 Å². The summed E-state index contributed by atoms with van der Waals surface area (Å²) >= 11 is 0. The lowest BCUT2D eigenvalue weighted by atomic mass is 9.87. The fourth-order valence-electron chi connectivity index (χ4n) is 4.48. The fourth-order valence-corrected chi connectivity index (χ4v) is 4.48. The van der Waals surface area contributed by atoms with Gasteiger partial charge in [-0.3, -0.25) is 9.69 Å². The third-order valence-electron chi connectivity index (χ3n) is 6.38. The van der Waals surface area contributed by atoms with Crippen LogP contribution in [0.4, 0.5) is 4.79 Å². The Morgan fingerprint density at radius 1 is 1.31 bits per heavy atom. The van der Waals surface area contributed by atoms with Gasteiger partial charge in [-0.1, -0.05) is 13.0 Å². The van der Waals surface area contributed by atoms with Gasteiger partial charge in [0.2, 0.25) is 0 Å². The number of amides is 3. The minimum absolute atomic E-state index is 0.0458. The van der Waals surface area contributed by atoms with Gasteiger partial charge in [0.1, 0.15) is 23.6 Å². The van der Waals surface area contributed by atoms with E-state index in [4.69, 9.17) is 9.47 Å². The molecule has 1 spiro atoms. The van der Waals surface area contributed by atoms with E-state index in [1.54, 1.807) is 0 Å². The Morgan fingerprint density at radius 2 is 2.08 bits per heavy atom. The molecular weight excluding hydrogens is 332 g/mol. The van der Waals surface area contributed by atoms with Gasteiger partial charge in [-0.05, 0) is 37.8 Å². The van der Waals surface area contributed by atoms with E-state index in [-0.39, 0.29) is 35.5 Å². The van der Waals surface area contributed by atoms with Gasteiger partial charge >= 0.3 is 6.03 Å². The summed E-state index contributed by atoms with van der Waals surface area (Å²) in [5.41, 5.74) is 2.56. The average Bonchev–Trinajstić information content (AvgIpc) is 3.18. The molecule has 0 aromatic heterocycles. The second-order valence-corrected chi connectivity index (χ2v) is 8.14. The lowest BCUT2D eigenvalue weighted by molar-refractivity contribution is -0.131. The summed E-state index contributed by atoms with van der Waals surface area (Å²) in [5, 5.41) is 2.76. The Hall–Kier alpha value is -2.24. The zero-order valence-electron chi connectivity index (χ0n) is 15.2. The number of hydrogen-bond acceptors (Lipinski definition) is 4. The Balaban J connectivity index is 1.29. The van der Waals surface area contributed by atoms with Gasteiger partial charge in [-0.2, -0.15) is 0 Å². The second kappa shape index (κ2) is 5.38. The van der Waals surface area contributed by atoms with Crippen LogP contribution in [0.3, 0.4) is 0 Å². The molecule has 138 valence electrons. The van der Waals surface area contributed by atoms with E-state index in [1.165, 1.54) is 10.5 Å². The third-order valence-corrected chi connectivity index (χ3v) is 6.38. The first-order valence-corrected chi connectivity index (χ1v) is 9.59. The van der Waals surface area contributed by atoms with Crippen molar-refractivity contribution in [2.24, 2.45) is 0 Å². The molecule has 6 heteroatoms. The summed E-state index contributed by atoms with van der Waals surface area (Å²) in [5.74, 6) is 1.82. The van der Waals surface area contributed by atoms with Gasteiger partial charge in [0.15, 0.2) is 0 Å². The van der Waals surface area contributed by atoms with E-state index in [2.05, 4.69) is 24.4 Å². The van der Waals surface area contributed by atoms with Crippen molar-refractivity contribution in [3.63, 3.8) is 0 Å². The average molecular weight is 356 g/mol. The van der Waals surface area contributed by atoms with Crippen LogP contribution in [0.1, 0.15) is 50.2 Å². The molecule has 2 saturated carbocycles. The normalized spacial score (nSPS) is 30.7. The number of hydrogen-bond donors (Lipinski definition) is 1. The van der Waals surface area contributed by atoms with Crippen molar-refractivity contribution in [2.75, 3.05) is 6.61 Å². The molecule has 5 rings (SSSR count). The van der Waals surface area contributed by atoms with Crippen molar-refractivity contribution < 1.29 is 19.1 Å². The Morgan fingerprint density at radius 3 is 2.73 bits per heavy atom. The molecule has 1 saturated heterocycles. The third kappa shape index (κ3) is 2.17. The van der Waals surface area contributed by atoms with E-state index >= 15 is 0 Å². The van der Waals surface area contributed by atoms with Gasteiger partial charge < -0.3 is 14.8 Å². The molecule has 26 heavy (non-hydrogen) atoms. The Kier molecular flexibility index (Phi) is 3.30.